The van der Waals surface area contributed by atoms with Crippen LogP contribution >= 0.6 is 11.6 Å². The first-order chi connectivity index (χ1) is 6.79. The highest BCUT2D eigenvalue weighted by Gasteiger charge is 2.11. The van der Waals surface area contributed by atoms with Gasteiger partial charge in [0.2, 0.25) is 11.8 Å². The topological polar surface area (TPSA) is 38.9 Å². The molecule has 14 heavy (non-hydrogen) atoms. The highest BCUT2D eigenvalue weighted by Crippen LogP contribution is 2.23. The van der Waals surface area contributed by atoms with E-state index in [0.29, 0.717) is 17.7 Å². The molecular weight excluding hydrogens is 200 g/mol. The van der Waals surface area contributed by atoms with Crippen LogP contribution in [-0.2, 0) is 5.88 Å². The number of nitrogens with zero attached hydrogens (tertiary/aromatic N) is 2. The highest BCUT2D eigenvalue weighted by atomic mass is 35.5. The zero-order valence-electron chi connectivity index (χ0n) is 7.90. The van der Waals surface area contributed by atoms with E-state index in [1.165, 1.54) is 0 Å². The second-order valence-corrected chi connectivity index (χ2v) is 3.63. The second kappa shape index (κ2) is 3.96. The minimum Gasteiger partial charge on any atom is -0.419 e. The average molecular weight is 211 g/mol. The fourth-order valence-electron chi connectivity index (χ4n) is 1.31. The molecule has 1 atom stereocenters. The van der Waals surface area contributed by atoms with Gasteiger partial charge in [0.05, 0.1) is 0 Å². The van der Waals surface area contributed by atoms with Gasteiger partial charge < -0.3 is 4.42 Å². The molecule has 0 fully saturated rings. The molecule has 0 spiro atoms. The van der Waals surface area contributed by atoms with Crippen molar-refractivity contribution in [3.8, 4) is 0 Å². The summed E-state index contributed by atoms with van der Waals surface area (Å²) in [6.45, 7) is 2.17. The Hall–Kier alpha value is -1.09. The van der Waals surface area contributed by atoms with E-state index in [1.54, 1.807) is 0 Å². The van der Waals surface area contributed by atoms with Gasteiger partial charge >= 0.3 is 0 Å². The van der Waals surface area contributed by atoms with Crippen molar-refractivity contribution in [1.82, 2.24) is 10.2 Å². The van der Waals surface area contributed by atoms with Crippen LogP contribution in [0.3, 0.4) is 0 Å². The molecule has 1 aliphatic carbocycles. The van der Waals surface area contributed by atoms with E-state index in [4.69, 9.17) is 16.0 Å². The molecule has 74 valence electrons. The summed E-state index contributed by atoms with van der Waals surface area (Å²) in [6.07, 6.45) is 7.28. The Morgan fingerprint density at radius 2 is 2.43 bits per heavy atom. The molecule has 4 heteroatoms. The van der Waals surface area contributed by atoms with E-state index in [9.17, 15) is 0 Å². The number of halogens is 1. The summed E-state index contributed by atoms with van der Waals surface area (Å²) in [5, 5.41) is 7.72. The fourth-order valence-corrected chi connectivity index (χ4v) is 1.42. The van der Waals surface area contributed by atoms with Crippen LogP contribution in [0.25, 0.3) is 5.57 Å². The summed E-state index contributed by atoms with van der Waals surface area (Å²) >= 11 is 5.57. The smallest absolute Gasteiger partial charge is 0.247 e. The van der Waals surface area contributed by atoms with Gasteiger partial charge in [-0.25, -0.2) is 0 Å². The predicted octanol–water partition coefficient (Wildman–Crippen LogP) is 2.79. The van der Waals surface area contributed by atoms with Crippen LogP contribution in [0.4, 0.5) is 0 Å². The average Bonchev–Trinajstić information content (AvgIpc) is 2.67. The largest absolute Gasteiger partial charge is 0.419 e. The quantitative estimate of drug-likeness (QED) is 0.705. The van der Waals surface area contributed by atoms with Gasteiger partial charge in [-0.3, -0.25) is 0 Å². The maximum Gasteiger partial charge on any atom is 0.247 e. The van der Waals surface area contributed by atoms with Crippen molar-refractivity contribution < 1.29 is 4.42 Å². The Morgan fingerprint density at radius 3 is 3.00 bits per heavy atom. The Morgan fingerprint density at radius 1 is 1.57 bits per heavy atom. The van der Waals surface area contributed by atoms with Crippen molar-refractivity contribution in [2.75, 3.05) is 0 Å². The Balaban J connectivity index is 2.20. The lowest BCUT2D eigenvalue weighted by Gasteiger charge is -2.08. The minimum atomic E-state index is 0.264. The molecule has 0 radical (unpaired) electrons. The molecule has 1 unspecified atom stereocenters. The van der Waals surface area contributed by atoms with Crippen LogP contribution in [-0.4, -0.2) is 10.2 Å². The molecular formula is C10H11ClN2O. The molecule has 0 bridgehead atoms. The molecule has 0 N–H and O–H groups in total. The molecule has 1 aromatic heterocycles. The summed E-state index contributed by atoms with van der Waals surface area (Å²) in [6, 6.07) is 0. The zero-order chi connectivity index (χ0) is 9.97. The number of hydrogen-bond donors (Lipinski definition) is 0. The first kappa shape index (κ1) is 9.46. The Bertz CT molecular complexity index is 381. The first-order valence-electron chi connectivity index (χ1n) is 4.56. The molecule has 0 aliphatic heterocycles. The third kappa shape index (κ3) is 1.87. The molecule has 1 aliphatic rings. The van der Waals surface area contributed by atoms with Crippen molar-refractivity contribution in [2.24, 2.45) is 5.92 Å². The summed E-state index contributed by atoms with van der Waals surface area (Å²) in [4.78, 5) is 0. The van der Waals surface area contributed by atoms with E-state index in [1.807, 2.05) is 6.08 Å². The zero-order valence-corrected chi connectivity index (χ0v) is 8.66. The third-order valence-corrected chi connectivity index (χ3v) is 2.37. The molecule has 0 saturated carbocycles. The lowest BCUT2D eigenvalue weighted by Crippen LogP contribution is -1.94. The first-order valence-corrected chi connectivity index (χ1v) is 5.10. The third-order valence-electron chi connectivity index (χ3n) is 2.14. The van der Waals surface area contributed by atoms with E-state index >= 15 is 0 Å². The SMILES string of the molecule is CC1C=CC(c2nnc(CCl)o2)=CC1. The van der Waals surface area contributed by atoms with E-state index in [0.717, 1.165) is 12.0 Å². The van der Waals surface area contributed by atoms with Crippen LogP contribution in [0.15, 0.2) is 22.6 Å². The van der Waals surface area contributed by atoms with Gasteiger partial charge in [0.1, 0.15) is 5.88 Å². The monoisotopic (exact) mass is 210 g/mol. The van der Waals surface area contributed by atoms with Gasteiger partial charge in [-0.2, -0.15) is 0 Å². The summed E-state index contributed by atoms with van der Waals surface area (Å²) in [5.41, 5.74) is 0.993. The molecule has 0 aromatic carbocycles. The summed E-state index contributed by atoms with van der Waals surface area (Å²) in [5.74, 6) is 1.88. The molecule has 3 nitrogen and oxygen atoms in total. The van der Waals surface area contributed by atoms with Crippen molar-refractivity contribution in [3.63, 3.8) is 0 Å². The number of hydrogen-bond acceptors (Lipinski definition) is 3. The number of rotatable bonds is 2. The second-order valence-electron chi connectivity index (χ2n) is 3.37. The van der Waals surface area contributed by atoms with Gasteiger partial charge in [0.15, 0.2) is 0 Å². The maximum atomic E-state index is 5.57. The predicted molar refractivity (Wildman–Crippen MR) is 54.8 cm³/mol. The van der Waals surface area contributed by atoms with Crippen LogP contribution in [0.5, 0.6) is 0 Å². The molecule has 1 heterocycles. The van der Waals surface area contributed by atoms with Crippen molar-refractivity contribution in [1.29, 1.82) is 0 Å². The van der Waals surface area contributed by atoms with Gasteiger partial charge in [0, 0.05) is 5.57 Å². The van der Waals surface area contributed by atoms with E-state index < -0.39 is 0 Å². The number of alkyl halides is 1. The summed E-state index contributed by atoms with van der Waals surface area (Å²) in [7, 11) is 0. The van der Waals surface area contributed by atoms with E-state index in [2.05, 4.69) is 29.3 Å². The van der Waals surface area contributed by atoms with Gasteiger partial charge in [-0.15, -0.1) is 21.8 Å². The fraction of sp³-hybridized carbons (Fsp3) is 0.400. The van der Waals surface area contributed by atoms with E-state index in [-0.39, 0.29) is 5.88 Å². The normalized spacial score (nSPS) is 21.0. The highest BCUT2D eigenvalue weighted by molar-refractivity contribution is 6.16. The van der Waals surface area contributed by atoms with Gasteiger partial charge in [-0.1, -0.05) is 25.2 Å². The van der Waals surface area contributed by atoms with Gasteiger partial charge in [-0.05, 0) is 12.3 Å². The summed E-state index contributed by atoms with van der Waals surface area (Å²) < 4.78 is 5.33. The molecule has 2 rings (SSSR count). The lowest BCUT2D eigenvalue weighted by atomic mass is 9.99. The number of allylic oxidation sites excluding steroid dienone is 4. The minimum absolute atomic E-state index is 0.264. The number of aromatic nitrogens is 2. The van der Waals surface area contributed by atoms with Crippen LogP contribution in [0.2, 0.25) is 0 Å². The van der Waals surface area contributed by atoms with Crippen LogP contribution in [0, 0.1) is 5.92 Å². The van der Waals surface area contributed by atoms with Crippen molar-refractivity contribution in [2.45, 2.75) is 19.2 Å². The molecule has 1 aromatic rings. The molecule has 0 saturated heterocycles. The van der Waals surface area contributed by atoms with Gasteiger partial charge in [0.25, 0.3) is 0 Å². The lowest BCUT2D eigenvalue weighted by molar-refractivity contribution is 0.501. The maximum absolute atomic E-state index is 5.57. The molecule has 0 amide bonds. The van der Waals surface area contributed by atoms with Crippen LogP contribution in [0.1, 0.15) is 25.1 Å². The standard InChI is InChI=1S/C10H11ClN2O/c1-7-2-4-8(5-3-7)10-13-12-9(6-11)14-10/h2,4-5,7H,3,6H2,1H3. The Kier molecular flexibility index (Phi) is 2.68. The van der Waals surface area contributed by atoms with Crippen LogP contribution < -0.4 is 0 Å². The Labute approximate surface area is 87.5 Å². The van der Waals surface area contributed by atoms with Crippen molar-refractivity contribution in [3.05, 3.63) is 30.0 Å². The van der Waals surface area contributed by atoms with Crippen molar-refractivity contribution >= 4 is 17.2 Å².